The van der Waals surface area contributed by atoms with E-state index < -0.39 is 20.5 Å². The third-order valence-electron chi connectivity index (χ3n) is 7.68. The number of rotatable bonds is 10. The maximum absolute atomic E-state index is 15.0. The van der Waals surface area contributed by atoms with Gasteiger partial charge in [0, 0.05) is 74.8 Å². The number of anilines is 2. The standard InChI is InChI=1S/C30H35FN6O4S/c1-19-16-33-30(34-23-9-6-10-26(27(23)31)42(4,39)40)35-28(19)22-17-32-29-20(7-5-8-21(22)29)15-25(38)24(18-41-3)37-13-11-36(2)12-14-37/h5-10,16-17,24,32H,11-15,18H2,1-4H3,(H,33,34,35)/t24-/m1/s1. The maximum atomic E-state index is 15.0. The Morgan fingerprint density at radius 3 is 2.62 bits per heavy atom. The van der Waals surface area contributed by atoms with E-state index in [4.69, 9.17) is 4.74 Å². The largest absolute Gasteiger partial charge is 0.383 e. The summed E-state index contributed by atoms with van der Waals surface area (Å²) in [4.78, 5) is 29.9. The van der Waals surface area contributed by atoms with E-state index in [1.165, 1.54) is 18.2 Å². The third-order valence-corrected chi connectivity index (χ3v) is 8.79. The van der Waals surface area contributed by atoms with Crippen molar-refractivity contribution in [1.82, 2.24) is 24.8 Å². The van der Waals surface area contributed by atoms with Crippen LogP contribution < -0.4 is 5.32 Å². The van der Waals surface area contributed by atoms with Crippen LogP contribution in [-0.2, 0) is 25.8 Å². The first-order valence-corrected chi connectivity index (χ1v) is 15.6. The number of benzene rings is 2. The van der Waals surface area contributed by atoms with Crippen LogP contribution in [0.4, 0.5) is 16.0 Å². The Morgan fingerprint density at radius 1 is 1.17 bits per heavy atom. The summed E-state index contributed by atoms with van der Waals surface area (Å²) in [5.74, 6) is -0.668. The summed E-state index contributed by atoms with van der Waals surface area (Å²) >= 11 is 0. The lowest BCUT2D eigenvalue weighted by Gasteiger charge is -2.37. The lowest BCUT2D eigenvalue weighted by atomic mass is 9.99. The molecule has 0 unspecified atom stereocenters. The minimum atomic E-state index is -3.75. The lowest BCUT2D eigenvalue weighted by molar-refractivity contribution is -0.126. The first-order valence-electron chi connectivity index (χ1n) is 13.7. The minimum Gasteiger partial charge on any atom is -0.383 e. The van der Waals surface area contributed by atoms with Crippen LogP contribution in [0.25, 0.3) is 22.2 Å². The number of aromatic amines is 1. The second-order valence-corrected chi connectivity index (χ2v) is 12.7. The Morgan fingerprint density at radius 2 is 1.90 bits per heavy atom. The number of fused-ring (bicyclic) bond motifs is 1. The molecule has 3 heterocycles. The quantitative estimate of drug-likeness (QED) is 0.284. The SMILES string of the molecule is COC[C@H](C(=O)Cc1cccc2c(-c3nc(Nc4cccc(S(C)(=O)=O)c4F)ncc3C)c[nH]c12)N1CCN(C)CC1. The number of nitrogens with zero attached hydrogens (tertiary/aromatic N) is 4. The second-order valence-electron chi connectivity index (χ2n) is 10.7. The van der Waals surface area contributed by atoms with Gasteiger partial charge in [0.05, 0.1) is 24.0 Å². The number of likely N-dealkylation sites (N-methyl/N-ethyl adjacent to an activating group) is 1. The molecule has 0 aliphatic carbocycles. The van der Waals surface area contributed by atoms with Gasteiger partial charge in [-0.05, 0) is 37.2 Å². The number of ketones is 1. The van der Waals surface area contributed by atoms with E-state index in [0.29, 0.717) is 12.3 Å². The minimum absolute atomic E-state index is 0.0431. The predicted molar refractivity (Wildman–Crippen MR) is 160 cm³/mol. The normalized spacial score (nSPS) is 15.6. The van der Waals surface area contributed by atoms with Crippen molar-refractivity contribution in [2.24, 2.45) is 0 Å². The van der Waals surface area contributed by atoms with E-state index in [0.717, 1.165) is 60.0 Å². The number of nitrogens with one attached hydrogen (secondary N) is 2. The Labute approximate surface area is 244 Å². The van der Waals surface area contributed by atoms with Gasteiger partial charge in [0.15, 0.2) is 21.4 Å². The molecule has 0 amide bonds. The molecule has 42 heavy (non-hydrogen) atoms. The van der Waals surface area contributed by atoms with E-state index >= 15 is 0 Å². The van der Waals surface area contributed by atoms with Gasteiger partial charge in [-0.2, -0.15) is 0 Å². The van der Waals surface area contributed by atoms with Gasteiger partial charge in [-0.25, -0.2) is 22.8 Å². The van der Waals surface area contributed by atoms with Gasteiger partial charge in [0.2, 0.25) is 5.95 Å². The van der Waals surface area contributed by atoms with Crippen LogP contribution >= 0.6 is 0 Å². The maximum Gasteiger partial charge on any atom is 0.227 e. The molecule has 2 aromatic heterocycles. The van der Waals surface area contributed by atoms with Crippen LogP contribution in [0.5, 0.6) is 0 Å². The van der Waals surface area contributed by atoms with Crippen molar-refractivity contribution >= 4 is 38.2 Å². The van der Waals surface area contributed by atoms with E-state index in [-0.39, 0.29) is 29.9 Å². The summed E-state index contributed by atoms with van der Waals surface area (Å²) in [5, 5.41) is 3.71. The van der Waals surface area contributed by atoms with E-state index in [9.17, 15) is 17.6 Å². The van der Waals surface area contributed by atoms with E-state index in [1.54, 1.807) is 13.3 Å². The summed E-state index contributed by atoms with van der Waals surface area (Å²) < 4.78 is 44.3. The molecule has 1 fully saturated rings. The van der Waals surface area contributed by atoms with Crippen molar-refractivity contribution < 1.29 is 22.3 Å². The van der Waals surface area contributed by atoms with E-state index in [1.807, 2.05) is 31.3 Å². The van der Waals surface area contributed by atoms with Gasteiger partial charge in [-0.3, -0.25) is 9.69 Å². The van der Waals surface area contributed by atoms with Crippen LogP contribution in [0.15, 0.2) is 53.7 Å². The van der Waals surface area contributed by atoms with Gasteiger partial charge in [0.1, 0.15) is 4.90 Å². The highest BCUT2D eigenvalue weighted by molar-refractivity contribution is 7.90. The smallest absolute Gasteiger partial charge is 0.227 e. The third kappa shape index (κ3) is 6.21. The molecule has 5 rings (SSSR count). The number of carbonyl (C=O) groups is 1. The number of para-hydroxylation sites is 1. The van der Waals surface area contributed by atoms with Gasteiger partial charge < -0.3 is 19.9 Å². The molecular weight excluding hydrogens is 559 g/mol. The fraction of sp³-hybridized carbons (Fsp3) is 0.367. The zero-order chi connectivity index (χ0) is 30.0. The zero-order valence-electron chi connectivity index (χ0n) is 24.1. The topological polar surface area (TPSA) is 121 Å². The molecule has 0 spiro atoms. The molecule has 0 radical (unpaired) electrons. The van der Waals surface area contributed by atoms with Crippen molar-refractivity contribution in [2.45, 2.75) is 24.3 Å². The fourth-order valence-corrected chi connectivity index (χ4v) is 6.11. The van der Waals surface area contributed by atoms with Crippen LogP contribution in [0.2, 0.25) is 0 Å². The highest BCUT2D eigenvalue weighted by atomic mass is 32.2. The zero-order valence-corrected chi connectivity index (χ0v) is 25.0. The van der Waals surface area contributed by atoms with Crippen LogP contribution in [0, 0.1) is 12.7 Å². The molecule has 1 atom stereocenters. The number of aryl methyl sites for hydroxylation is 1. The lowest BCUT2D eigenvalue weighted by Crippen LogP contribution is -2.53. The second kappa shape index (κ2) is 12.3. The van der Waals surface area contributed by atoms with E-state index in [2.05, 4.69) is 37.1 Å². The highest BCUT2D eigenvalue weighted by Gasteiger charge is 2.29. The average Bonchev–Trinajstić information content (AvgIpc) is 3.39. The summed E-state index contributed by atoms with van der Waals surface area (Å²) in [7, 11) is -0.0411. The summed E-state index contributed by atoms with van der Waals surface area (Å²) in [5.41, 5.74) is 3.90. The van der Waals surface area contributed by atoms with Crippen LogP contribution in [0.1, 0.15) is 11.1 Å². The van der Waals surface area contributed by atoms with Gasteiger partial charge in [0.25, 0.3) is 0 Å². The van der Waals surface area contributed by atoms with Crippen molar-refractivity contribution in [2.75, 3.05) is 58.5 Å². The Bertz CT molecular complexity index is 1720. The Balaban J connectivity index is 1.43. The van der Waals surface area contributed by atoms with Crippen molar-refractivity contribution in [1.29, 1.82) is 0 Å². The van der Waals surface area contributed by atoms with Gasteiger partial charge >= 0.3 is 0 Å². The first-order chi connectivity index (χ1) is 20.1. The van der Waals surface area contributed by atoms with Crippen LogP contribution in [0.3, 0.4) is 0 Å². The Kier molecular flexibility index (Phi) is 8.69. The summed E-state index contributed by atoms with van der Waals surface area (Å²) in [6.45, 7) is 5.68. The number of piperazine rings is 1. The van der Waals surface area contributed by atoms with Crippen molar-refractivity contribution in [3.05, 3.63) is 65.7 Å². The first kappa shape index (κ1) is 29.8. The number of aromatic nitrogens is 3. The Hall–Kier alpha value is -3.71. The molecule has 4 aromatic rings. The fourth-order valence-electron chi connectivity index (χ4n) is 5.35. The number of hydrogen-bond donors (Lipinski definition) is 2. The van der Waals surface area contributed by atoms with Crippen molar-refractivity contribution in [3.63, 3.8) is 0 Å². The average molecular weight is 595 g/mol. The molecule has 2 N–H and O–H groups in total. The monoisotopic (exact) mass is 594 g/mol. The van der Waals surface area contributed by atoms with Gasteiger partial charge in [-0.1, -0.05) is 24.3 Å². The molecule has 222 valence electrons. The number of methoxy groups -OCH3 is 1. The molecule has 2 aromatic carbocycles. The summed E-state index contributed by atoms with van der Waals surface area (Å²) in [6, 6.07) is 9.63. The molecular formula is C30H35FN6O4S. The van der Waals surface area contributed by atoms with Crippen LogP contribution in [-0.4, -0.2) is 98.2 Å². The van der Waals surface area contributed by atoms with Gasteiger partial charge in [-0.15, -0.1) is 0 Å². The number of carbonyl (C=O) groups excluding carboxylic acids is 1. The van der Waals surface area contributed by atoms with Crippen molar-refractivity contribution in [3.8, 4) is 11.3 Å². The number of ether oxygens (including phenoxy) is 1. The molecule has 0 saturated carbocycles. The molecule has 0 bridgehead atoms. The molecule has 12 heteroatoms. The molecule has 1 aliphatic heterocycles. The number of sulfone groups is 1. The number of hydrogen-bond acceptors (Lipinski definition) is 9. The molecule has 1 saturated heterocycles. The summed E-state index contributed by atoms with van der Waals surface area (Å²) in [6.07, 6.45) is 4.68. The number of halogens is 1. The molecule has 10 nitrogen and oxygen atoms in total. The molecule has 1 aliphatic rings. The number of Topliss-reactive ketones (excluding diaryl/α,β-unsaturated/α-hetero) is 1. The highest BCUT2D eigenvalue weighted by Crippen LogP contribution is 2.33. The number of H-pyrrole nitrogens is 1. The predicted octanol–water partition coefficient (Wildman–Crippen LogP) is 3.59.